The number of carbonyl (C=O) groups excluding carboxylic acids is 2. The zero-order valence-corrected chi connectivity index (χ0v) is 7.70. The topological polar surface area (TPSA) is 52.6 Å². The number of hydrogen-bond acceptors (Lipinski definition) is 4. The first-order valence-corrected chi connectivity index (χ1v) is 4.04. The summed E-state index contributed by atoms with van der Waals surface area (Å²) in [7, 11) is 1.27. The van der Waals surface area contributed by atoms with Crippen molar-refractivity contribution in [2.75, 3.05) is 7.11 Å². The third kappa shape index (κ3) is 1.88. The van der Waals surface area contributed by atoms with Crippen LogP contribution in [0.4, 0.5) is 0 Å². The predicted octanol–water partition coefficient (Wildman–Crippen LogP) is 0.667. The van der Waals surface area contributed by atoms with E-state index in [4.69, 9.17) is 4.74 Å². The van der Waals surface area contributed by atoms with Gasteiger partial charge < -0.3 is 9.47 Å². The van der Waals surface area contributed by atoms with Crippen molar-refractivity contribution in [2.24, 2.45) is 5.92 Å². The molecule has 0 aromatic heterocycles. The van der Waals surface area contributed by atoms with E-state index >= 15 is 0 Å². The van der Waals surface area contributed by atoms with Crippen molar-refractivity contribution in [1.29, 1.82) is 0 Å². The quantitative estimate of drug-likeness (QED) is 0.467. The molecule has 2 atom stereocenters. The van der Waals surface area contributed by atoms with Gasteiger partial charge in [0.2, 0.25) is 0 Å². The fourth-order valence-corrected chi connectivity index (χ4v) is 1.20. The largest absolute Gasteiger partial charge is 0.466 e. The van der Waals surface area contributed by atoms with Gasteiger partial charge in [0, 0.05) is 6.42 Å². The molecule has 1 fully saturated rings. The molecular formula is C9H12O4. The summed E-state index contributed by atoms with van der Waals surface area (Å²) in [6, 6.07) is 0. The van der Waals surface area contributed by atoms with E-state index in [9.17, 15) is 9.59 Å². The molecule has 0 spiro atoms. The van der Waals surface area contributed by atoms with Gasteiger partial charge in [-0.25, -0.2) is 4.79 Å². The highest BCUT2D eigenvalue weighted by Crippen LogP contribution is 2.25. The van der Waals surface area contributed by atoms with Gasteiger partial charge in [0.15, 0.2) is 0 Å². The van der Waals surface area contributed by atoms with E-state index in [-0.39, 0.29) is 17.5 Å². The molecule has 0 saturated carbocycles. The molecule has 0 aliphatic carbocycles. The lowest BCUT2D eigenvalue weighted by Crippen LogP contribution is -2.18. The van der Waals surface area contributed by atoms with Gasteiger partial charge >= 0.3 is 11.9 Å². The van der Waals surface area contributed by atoms with E-state index in [1.54, 1.807) is 6.92 Å². The fraction of sp³-hybridized carbons (Fsp3) is 0.556. The Kier molecular flexibility index (Phi) is 2.70. The van der Waals surface area contributed by atoms with E-state index in [0.717, 1.165) is 0 Å². The minimum Gasteiger partial charge on any atom is -0.466 e. The average Bonchev–Trinajstić information content (AvgIpc) is 2.44. The minimum absolute atomic E-state index is 0.161. The van der Waals surface area contributed by atoms with Gasteiger partial charge in [-0.15, -0.1) is 0 Å². The molecule has 72 valence electrons. The van der Waals surface area contributed by atoms with E-state index in [1.807, 2.05) is 0 Å². The Morgan fingerprint density at radius 3 is 2.69 bits per heavy atom. The molecule has 13 heavy (non-hydrogen) atoms. The Balaban J connectivity index is 2.61. The second kappa shape index (κ2) is 3.60. The summed E-state index contributed by atoms with van der Waals surface area (Å²) in [5, 5.41) is 0. The van der Waals surface area contributed by atoms with Gasteiger partial charge in [-0.05, 0) is 0 Å². The zero-order valence-electron chi connectivity index (χ0n) is 7.70. The molecule has 2 unspecified atom stereocenters. The minimum atomic E-state index is -0.521. The molecule has 0 amide bonds. The summed E-state index contributed by atoms with van der Waals surface area (Å²) < 4.78 is 9.38. The van der Waals surface area contributed by atoms with Gasteiger partial charge in [0.25, 0.3) is 0 Å². The van der Waals surface area contributed by atoms with Gasteiger partial charge in [0.05, 0.1) is 18.6 Å². The first-order chi connectivity index (χ1) is 6.06. The molecule has 1 heterocycles. The van der Waals surface area contributed by atoms with Crippen molar-refractivity contribution in [3.05, 3.63) is 12.2 Å². The summed E-state index contributed by atoms with van der Waals surface area (Å²) in [5.41, 5.74) is 0.209. The maximum absolute atomic E-state index is 11.0. The fourth-order valence-electron chi connectivity index (χ4n) is 1.20. The Bertz CT molecular complexity index is 256. The summed E-state index contributed by atoms with van der Waals surface area (Å²) in [6.45, 7) is 5.28. The van der Waals surface area contributed by atoms with Gasteiger partial charge in [-0.3, -0.25) is 4.79 Å². The highest BCUT2D eigenvalue weighted by molar-refractivity contribution is 5.90. The maximum atomic E-state index is 11.0. The molecule has 1 rings (SSSR count). The van der Waals surface area contributed by atoms with Crippen molar-refractivity contribution < 1.29 is 19.1 Å². The molecule has 0 aromatic carbocycles. The molecule has 0 aromatic rings. The third-order valence-corrected chi connectivity index (χ3v) is 2.06. The number of esters is 2. The van der Waals surface area contributed by atoms with Crippen LogP contribution in [0.15, 0.2) is 12.2 Å². The lowest BCUT2D eigenvalue weighted by Gasteiger charge is -2.09. The van der Waals surface area contributed by atoms with Crippen molar-refractivity contribution in [3.63, 3.8) is 0 Å². The molecule has 4 heteroatoms. The Morgan fingerprint density at radius 2 is 2.31 bits per heavy atom. The summed E-state index contributed by atoms with van der Waals surface area (Å²) in [6.07, 6.45) is 0.00204. The highest BCUT2D eigenvalue weighted by Gasteiger charge is 2.35. The van der Waals surface area contributed by atoms with Crippen LogP contribution in [0, 0.1) is 5.92 Å². The highest BCUT2D eigenvalue weighted by atomic mass is 16.6. The number of cyclic esters (lactones) is 1. The van der Waals surface area contributed by atoms with Crippen LogP contribution >= 0.6 is 0 Å². The number of carbonyl (C=O) groups is 2. The molecule has 0 bridgehead atoms. The first-order valence-electron chi connectivity index (χ1n) is 4.04. The molecule has 0 radical (unpaired) electrons. The summed E-state index contributed by atoms with van der Waals surface area (Å²) >= 11 is 0. The van der Waals surface area contributed by atoms with Crippen LogP contribution in [0.2, 0.25) is 0 Å². The molecule has 1 saturated heterocycles. The van der Waals surface area contributed by atoms with E-state index in [1.165, 1.54) is 7.11 Å². The third-order valence-electron chi connectivity index (χ3n) is 2.06. The normalized spacial score (nSPS) is 26.8. The van der Waals surface area contributed by atoms with Gasteiger partial charge in [-0.1, -0.05) is 13.5 Å². The molecule has 4 nitrogen and oxygen atoms in total. The van der Waals surface area contributed by atoms with Crippen LogP contribution in [-0.2, 0) is 19.1 Å². The van der Waals surface area contributed by atoms with Crippen molar-refractivity contribution in [3.8, 4) is 0 Å². The first kappa shape index (κ1) is 9.77. The van der Waals surface area contributed by atoms with E-state index < -0.39 is 12.1 Å². The van der Waals surface area contributed by atoms with Crippen LogP contribution in [0.5, 0.6) is 0 Å². The van der Waals surface area contributed by atoms with Gasteiger partial charge in [-0.2, -0.15) is 0 Å². The second-order valence-electron chi connectivity index (χ2n) is 3.08. The van der Waals surface area contributed by atoms with Crippen molar-refractivity contribution in [2.45, 2.75) is 19.4 Å². The Hall–Kier alpha value is -1.32. The zero-order chi connectivity index (χ0) is 10.0. The maximum Gasteiger partial charge on any atom is 0.336 e. The summed E-state index contributed by atoms with van der Waals surface area (Å²) in [5.74, 6) is -0.964. The second-order valence-corrected chi connectivity index (χ2v) is 3.08. The van der Waals surface area contributed by atoms with E-state index in [2.05, 4.69) is 11.3 Å². The number of hydrogen-bond donors (Lipinski definition) is 0. The lowest BCUT2D eigenvalue weighted by molar-refractivity contribution is -0.144. The number of methoxy groups -OCH3 is 1. The monoisotopic (exact) mass is 184 g/mol. The van der Waals surface area contributed by atoms with E-state index in [0.29, 0.717) is 6.42 Å². The van der Waals surface area contributed by atoms with Crippen molar-refractivity contribution >= 4 is 11.9 Å². The SMILES string of the molecule is C=C(C(=O)OC)C1CC(C)C(=O)O1. The predicted molar refractivity (Wildman–Crippen MR) is 44.8 cm³/mol. The summed E-state index contributed by atoms with van der Waals surface area (Å²) in [4.78, 5) is 22.0. The standard InChI is InChI=1S/C9H12O4/c1-5-4-7(13-8(5)10)6(2)9(11)12-3/h5,7H,2,4H2,1,3H3. The smallest absolute Gasteiger partial charge is 0.336 e. The van der Waals surface area contributed by atoms with Crippen LogP contribution in [-0.4, -0.2) is 25.2 Å². The number of ether oxygens (including phenoxy) is 2. The Morgan fingerprint density at radius 1 is 1.69 bits per heavy atom. The van der Waals surface area contributed by atoms with Crippen LogP contribution in [0.1, 0.15) is 13.3 Å². The van der Waals surface area contributed by atoms with Gasteiger partial charge in [0.1, 0.15) is 6.10 Å². The molecule has 1 aliphatic heterocycles. The number of rotatable bonds is 2. The van der Waals surface area contributed by atoms with Crippen LogP contribution < -0.4 is 0 Å². The Labute approximate surface area is 76.5 Å². The van der Waals surface area contributed by atoms with Crippen molar-refractivity contribution in [1.82, 2.24) is 0 Å². The molecule has 1 aliphatic rings. The average molecular weight is 184 g/mol. The lowest BCUT2D eigenvalue weighted by atomic mass is 10.0. The molecular weight excluding hydrogens is 172 g/mol. The van der Waals surface area contributed by atoms with Crippen LogP contribution in [0.3, 0.4) is 0 Å². The molecule has 0 N–H and O–H groups in total. The van der Waals surface area contributed by atoms with Crippen LogP contribution in [0.25, 0.3) is 0 Å².